The molecule has 0 unspecified atom stereocenters. The Bertz CT molecular complexity index is 759. The van der Waals surface area contributed by atoms with Gasteiger partial charge in [-0.1, -0.05) is 49.6 Å². The third-order valence-corrected chi connectivity index (χ3v) is 5.99. The summed E-state index contributed by atoms with van der Waals surface area (Å²) < 4.78 is 2.23. The normalized spacial score (nSPS) is 19.0. The van der Waals surface area contributed by atoms with Gasteiger partial charge in [-0.25, -0.2) is 0 Å². The van der Waals surface area contributed by atoms with E-state index in [-0.39, 0.29) is 11.9 Å². The SMILES string of the molecule is C[C@H](NC(=O)c1nn(C2CCCCC2)c2c1CCCC2)c1ccccc1. The number of carbonyl (C=O) groups is 1. The molecule has 2 aliphatic rings. The molecule has 1 saturated carbocycles. The van der Waals surface area contributed by atoms with E-state index in [1.165, 1.54) is 49.8 Å². The van der Waals surface area contributed by atoms with Crippen molar-refractivity contribution in [2.75, 3.05) is 0 Å². The standard InChI is InChI=1S/C22H29N3O/c1-16(17-10-4-2-5-11-17)23-22(26)21-19-14-8-9-15-20(19)25(24-21)18-12-6-3-7-13-18/h2,4-5,10-11,16,18H,3,6-9,12-15H2,1H3,(H,23,26)/t16-/m0/s1. The molecule has 4 rings (SSSR count). The molecule has 1 aromatic carbocycles. The molecule has 0 aliphatic heterocycles. The van der Waals surface area contributed by atoms with Crippen LogP contribution in [0.15, 0.2) is 30.3 Å². The molecule has 1 N–H and O–H groups in total. The summed E-state index contributed by atoms with van der Waals surface area (Å²) >= 11 is 0. The molecular formula is C22H29N3O. The summed E-state index contributed by atoms with van der Waals surface area (Å²) in [5.41, 5.74) is 4.34. The monoisotopic (exact) mass is 351 g/mol. The number of benzene rings is 1. The van der Waals surface area contributed by atoms with Crippen LogP contribution >= 0.6 is 0 Å². The van der Waals surface area contributed by atoms with E-state index in [4.69, 9.17) is 5.10 Å². The molecule has 1 aromatic heterocycles. The number of hydrogen-bond donors (Lipinski definition) is 1. The Kier molecular flexibility index (Phi) is 5.09. The number of carbonyl (C=O) groups excluding carboxylic acids is 1. The number of amides is 1. The Morgan fingerprint density at radius 1 is 1.08 bits per heavy atom. The van der Waals surface area contributed by atoms with Gasteiger partial charge in [0, 0.05) is 11.3 Å². The van der Waals surface area contributed by atoms with E-state index in [1.54, 1.807) is 0 Å². The van der Waals surface area contributed by atoms with Crippen molar-refractivity contribution < 1.29 is 4.79 Å². The van der Waals surface area contributed by atoms with E-state index in [0.29, 0.717) is 11.7 Å². The van der Waals surface area contributed by atoms with Crippen LogP contribution in [0.4, 0.5) is 0 Å². The molecule has 0 radical (unpaired) electrons. The van der Waals surface area contributed by atoms with Crippen molar-refractivity contribution in [3.05, 3.63) is 52.8 Å². The van der Waals surface area contributed by atoms with Gasteiger partial charge in [0.1, 0.15) is 0 Å². The molecule has 138 valence electrons. The summed E-state index contributed by atoms with van der Waals surface area (Å²) in [4.78, 5) is 13.0. The van der Waals surface area contributed by atoms with Crippen LogP contribution in [0.5, 0.6) is 0 Å². The van der Waals surface area contributed by atoms with Crippen LogP contribution in [0.25, 0.3) is 0 Å². The molecule has 1 heterocycles. The van der Waals surface area contributed by atoms with E-state index in [0.717, 1.165) is 24.8 Å². The average molecular weight is 351 g/mol. The number of aromatic nitrogens is 2. The molecular weight excluding hydrogens is 322 g/mol. The molecule has 1 atom stereocenters. The third-order valence-electron chi connectivity index (χ3n) is 5.99. The molecule has 2 aliphatic carbocycles. The van der Waals surface area contributed by atoms with E-state index < -0.39 is 0 Å². The van der Waals surface area contributed by atoms with Gasteiger partial charge in [-0.2, -0.15) is 5.10 Å². The highest BCUT2D eigenvalue weighted by Gasteiger charge is 2.29. The highest BCUT2D eigenvalue weighted by atomic mass is 16.2. The Morgan fingerprint density at radius 2 is 1.81 bits per heavy atom. The van der Waals surface area contributed by atoms with Gasteiger partial charge in [0.2, 0.25) is 0 Å². The van der Waals surface area contributed by atoms with Crippen molar-refractivity contribution in [2.45, 2.75) is 76.8 Å². The van der Waals surface area contributed by atoms with E-state index in [2.05, 4.69) is 22.1 Å². The molecule has 4 nitrogen and oxygen atoms in total. The fraction of sp³-hybridized carbons (Fsp3) is 0.545. The van der Waals surface area contributed by atoms with Crippen LogP contribution in [0.3, 0.4) is 0 Å². The Morgan fingerprint density at radius 3 is 2.58 bits per heavy atom. The lowest BCUT2D eigenvalue weighted by Crippen LogP contribution is -2.28. The zero-order valence-electron chi connectivity index (χ0n) is 15.7. The molecule has 26 heavy (non-hydrogen) atoms. The first-order chi connectivity index (χ1) is 12.7. The van der Waals surface area contributed by atoms with Crippen molar-refractivity contribution in [2.24, 2.45) is 0 Å². The Balaban J connectivity index is 1.59. The summed E-state index contributed by atoms with van der Waals surface area (Å²) in [6.07, 6.45) is 10.8. The van der Waals surface area contributed by atoms with Crippen LogP contribution in [-0.4, -0.2) is 15.7 Å². The lowest BCUT2D eigenvalue weighted by atomic mass is 9.92. The Hall–Kier alpha value is -2.10. The predicted molar refractivity (Wildman–Crippen MR) is 103 cm³/mol. The number of rotatable bonds is 4. The molecule has 4 heteroatoms. The van der Waals surface area contributed by atoms with Crippen LogP contribution in [0.1, 0.15) is 91.3 Å². The van der Waals surface area contributed by atoms with Crippen molar-refractivity contribution in [3.63, 3.8) is 0 Å². The van der Waals surface area contributed by atoms with Gasteiger partial charge in [0.25, 0.3) is 5.91 Å². The highest BCUT2D eigenvalue weighted by Crippen LogP contribution is 2.33. The van der Waals surface area contributed by atoms with Gasteiger partial charge in [-0.15, -0.1) is 0 Å². The lowest BCUT2D eigenvalue weighted by Gasteiger charge is -2.25. The topological polar surface area (TPSA) is 46.9 Å². The first kappa shape index (κ1) is 17.3. The van der Waals surface area contributed by atoms with Gasteiger partial charge in [0.15, 0.2) is 5.69 Å². The first-order valence-corrected chi connectivity index (χ1v) is 10.2. The summed E-state index contributed by atoms with van der Waals surface area (Å²) in [6.45, 7) is 2.04. The third kappa shape index (κ3) is 3.42. The zero-order valence-corrected chi connectivity index (χ0v) is 15.7. The van der Waals surface area contributed by atoms with Gasteiger partial charge < -0.3 is 5.32 Å². The zero-order chi connectivity index (χ0) is 17.9. The van der Waals surface area contributed by atoms with Crippen LogP contribution in [0, 0.1) is 0 Å². The molecule has 0 spiro atoms. The fourth-order valence-electron chi connectivity index (χ4n) is 4.53. The average Bonchev–Trinajstić information content (AvgIpc) is 3.09. The summed E-state index contributed by atoms with van der Waals surface area (Å²) in [7, 11) is 0. The second-order valence-electron chi connectivity index (χ2n) is 7.82. The van der Waals surface area contributed by atoms with Gasteiger partial charge in [-0.05, 0) is 51.0 Å². The van der Waals surface area contributed by atoms with Crippen LogP contribution < -0.4 is 5.32 Å². The smallest absolute Gasteiger partial charge is 0.272 e. The van der Waals surface area contributed by atoms with Crippen LogP contribution in [0.2, 0.25) is 0 Å². The molecule has 2 aromatic rings. The lowest BCUT2D eigenvalue weighted by molar-refractivity contribution is 0.0932. The van der Waals surface area contributed by atoms with E-state index in [9.17, 15) is 4.79 Å². The predicted octanol–water partition coefficient (Wildman–Crippen LogP) is 4.76. The quantitative estimate of drug-likeness (QED) is 0.863. The van der Waals surface area contributed by atoms with Crippen molar-refractivity contribution >= 4 is 5.91 Å². The fourth-order valence-corrected chi connectivity index (χ4v) is 4.53. The molecule has 1 amide bonds. The minimum atomic E-state index is -0.0194. The van der Waals surface area contributed by atoms with Gasteiger partial charge in [0.05, 0.1) is 12.1 Å². The second-order valence-corrected chi connectivity index (χ2v) is 7.82. The second kappa shape index (κ2) is 7.65. The van der Waals surface area contributed by atoms with Gasteiger partial charge in [-0.3, -0.25) is 9.48 Å². The van der Waals surface area contributed by atoms with Crippen LogP contribution in [-0.2, 0) is 12.8 Å². The maximum absolute atomic E-state index is 13.0. The minimum Gasteiger partial charge on any atom is -0.344 e. The molecule has 0 saturated heterocycles. The summed E-state index contributed by atoms with van der Waals surface area (Å²) in [5, 5.41) is 8.03. The van der Waals surface area contributed by atoms with Crippen molar-refractivity contribution in [3.8, 4) is 0 Å². The number of hydrogen-bond acceptors (Lipinski definition) is 2. The van der Waals surface area contributed by atoms with Crippen molar-refractivity contribution in [1.29, 1.82) is 0 Å². The molecule has 0 bridgehead atoms. The number of fused-ring (bicyclic) bond motifs is 1. The van der Waals surface area contributed by atoms with Gasteiger partial charge >= 0.3 is 0 Å². The number of nitrogens with zero attached hydrogens (tertiary/aromatic N) is 2. The summed E-state index contributed by atoms with van der Waals surface area (Å²) in [5.74, 6) is -0.0194. The van der Waals surface area contributed by atoms with E-state index in [1.807, 2.05) is 25.1 Å². The van der Waals surface area contributed by atoms with Crippen molar-refractivity contribution in [1.82, 2.24) is 15.1 Å². The highest BCUT2D eigenvalue weighted by molar-refractivity contribution is 5.94. The van der Waals surface area contributed by atoms with E-state index >= 15 is 0 Å². The molecule has 1 fully saturated rings. The first-order valence-electron chi connectivity index (χ1n) is 10.2. The maximum Gasteiger partial charge on any atom is 0.272 e. The maximum atomic E-state index is 13.0. The number of nitrogens with one attached hydrogen (secondary N) is 1. The largest absolute Gasteiger partial charge is 0.344 e. The minimum absolute atomic E-state index is 0.0113. The summed E-state index contributed by atoms with van der Waals surface area (Å²) in [6, 6.07) is 10.6. The Labute approximate surface area is 156 Å².